The molecule has 2 aromatic carbocycles. The SMILES string of the molecule is OCCCCNc1cccc(-c2ccc(C(F)(F)F)cc2)c1. The van der Waals surface area contributed by atoms with Crippen molar-refractivity contribution in [3.8, 4) is 11.1 Å². The highest BCUT2D eigenvalue weighted by molar-refractivity contribution is 5.68. The Labute approximate surface area is 127 Å². The molecule has 0 atom stereocenters. The van der Waals surface area contributed by atoms with Gasteiger partial charge in [-0.25, -0.2) is 0 Å². The van der Waals surface area contributed by atoms with E-state index in [1.54, 1.807) is 0 Å². The molecule has 0 saturated carbocycles. The van der Waals surface area contributed by atoms with Crippen molar-refractivity contribution in [3.63, 3.8) is 0 Å². The molecule has 0 fully saturated rings. The first-order valence-electron chi connectivity index (χ1n) is 7.13. The Kier molecular flexibility index (Phi) is 5.44. The number of aliphatic hydroxyl groups is 1. The van der Waals surface area contributed by atoms with Crippen LogP contribution in [0.15, 0.2) is 48.5 Å². The van der Waals surface area contributed by atoms with Crippen LogP contribution in [0.5, 0.6) is 0 Å². The molecule has 118 valence electrons. The summed E-state index contributed by atoms with van der Waals surface area (Å²) in [5, 5.41) is 12.0. The molecule has 2 rings (SSSR count). The van der Waals surface area contributed by atoms with Gasteiger partial charge in [0.05, 0.1) is 5.56 Å². The Hall–Kier alpha value is -2.01. The summed E-state index contributed by atoms with van der Waals surface area (Å²) in [7, 11) is 0. The molecule has 2 aromatic rings. The van der Waals surface area contributed by atoms with Crippen molar-refractivity contribution >= 4 is 5.69 Å². The van der Waals surface area contributed by atoms with Gasteiger partial charge in [0, 0.05) is 18.8 Å². The Morgan fingerprint density at radius 2 is 1.64 bits per heavy atom. The van der Waals surface area contributed by atoms with Gasteiger partial charge in [0.2, 0.25) is 0 Å². The molecule has 0 spiro atoms. The van der Waals surface area contributed by atoms with Crippen molar-refractivity contribution in [1.29, 1.82) is 0 Å². The highest BCUT2D eigenvalue weighted by atomic mass is 19.4. The van der Waals surface area contributed by atoms with Gasteiger partial charge in [0.1, 0.15) is 0 Å². The molecule has 0 saturated heterocycles. The Bertz CT molecular complexity index is 594. The second-order valence-electron chi connectivity index (χ2n) is 5.01. The van der Waals surface area contributed by atoms with Gasteiger partial charge in [-0.1, -0.05) is 24.3 Å². The lowest BCUT2D eigenvalue weighted by molar-refractivity contribution is -0.137. The summed E-state index contributed by atoms with van der Waals surface area (Å²) >= 11 is 0. The number of hydrogen-bond donors (Lipinski definition) is 2. The predicted octanol–water partition coefficient (Wildman–Crippen LogP) is 4.56. The van der Waals surface area contributed by atoms with Crippen molar-refractivity contribution in [1.82, 2.24) is 0 Å². The average Bonchev–Trinajstić information content (AvgIpc) is 2.51. The van der Waals surface area contributed by atoms with E-state index in [-0.39, 0.29) is 6.61 Å². The lowest BCUT2D eigenvalue weighted by Crippen LogP contribution is -2.04. The fourth-order valence-electron chi connectivity index (χ4n) is 2.13. The molecule has 0 aromatic heterocycles. The van der Waals surface area contributed by atoms with Gasteiger partial charge in [-0.15, -0.1) is 0 Å². The van der Waals surface area contributed by atoms with Gasteiger partial charge in [-0.2, -0.15) is 13.2 Å². The minimum Gasteiger partial charge on any atom is -0.396 e. The van der Waals surface area contributed by atoms with E-state index >= 15 is 0 Å². The number of hydrogen-bond acceptors (Lipinski definition) is 2. The minimum absolute atomic E-state index is 0.174. The summed E-state index contributed by atoms with van der Waals surface area (Å²) < 4.78 is 37.7. The third-order valence-electron chi connectivity index (χ3n) is 3.32. The van der Waals surface area contributed by atoms with Gasteiger partial charge in [0.15, 0.2) is 0 Å². The van der Waals surface area contributed by atoms with Crippen LogP contribution >= 0.6 is 0 Å². The zero-order valence-electron chi connectivity index (χ0n) is 12.0. The summed E-state index contributed by atoms with van der Waals surface area (Å²) in [6.07, 6.45) is -2.71. The summed E-state index contributed by atoms with van der Waals surface area (Å²) in [5.41, 5.74) is 1.87. The van der Waals surface area contributed by atoms with Crippen LogP contribution in [-0.4, -0.2) is 18.3 Å². The zero-order valence-corrected chi connectivity index (χ0v) is 12.0. The number of alkyl halides is 3. The standard InChI is InChI=1S/C17H18F3NO/c18-17(19,20)15-8-6-13(7-9-15)14-4-3-5-16(12-14)21-10-1-2-11-22/h3-9,12,21-22H,1-2,10-11H2. The first-order valence-corrected chi connectivity index (χ1v) is 7.13. The molecule has 0 bridgehead atoms. The number of aliphatic hydroxyl groups excluding tert-OH is 1. The minimum atomic E-state index is -4.31. The highest BCUT2D eigenvalue weighted by Gasteiger charge is 2.29. The number of benzene rings is 2. The molecule has 0 aliphatic carbocycles. The second-order valence-corrected chi connectivity index (χ2v) is 5.01. The third kappa shape index (κ3) is 4.49. The van der Waals surface area contributed by atoms with E-state index in [9.17, 15) is 13.2 Å². The predicted molar refractivity (Wildman–Crippen MR) is 81.7 cm³/mol. The van der Waals surface area contributed by atoms with E-state index in [0.29, 0.717) is 0 Å². The normalized spacial score (nSPS) is 11.5. The highest BCUT2D eigenvalue weighted by Crippen LogP contribution is 2.31. The van der Waals surface area contributed by atoms with Crippen LogP contribution in [0.3, 0.4) is 0 Å². The molecule has 2 nitrogen and oxygen atoms in total. The third-order valence-corrected chi connectivity index (χ3v) is 3.32. The Morgan fingerprint density at radius 3 is 2.27 bits per heavy atom. The number of anilines is 1. The summed E-state index contributed by atoms with van der Waals surface area (Å²) in [6, 6.07) is 12.7. The first-order chi connectivity index (χ1) is 10.5. The Balaban J connectivity index is 2.09. The Morgan fingerprint density at radius 1 is 0.909 bits per heavy atom. The molecule has 0 radical (unpaired) electrons. The number of unbranched alkanes of at least 4 members (excludes halogenated alkanes) is 1. The van der Waals surface area contributed by atoms with Crippen LogP contribution in [-0.2, 0) is 6.18 Å². The average molecular weight is 309 g/mol. The van der Waals surface area contributed by atoms with Gasteiger partial charge < -0.3 is 10.4 Å². The van der Waals surface area contributed by atoms with Gasteiger partial charge in [-0.3, -0.25) is 0 Å². The monoisotopic (exact) mass is 309 g/mol. The van der Waals surface area contributed by atoms with Crippen LogP contribution in [0.1, 0.15) is 18.4 Å². The number of rotatable bonds is 6. The molecular formula is C17H18F3NO. The molecule has 2 N–H and O–H groups in total. The van der Waals surface area contributed by atoms with Crippen molar-refractivity contribution < 1.29 is 18.3 Å². The lowest BCUT2D eigenvalue weighted by Gasteiger charge is -2.10. The summed E-state index contributed by atoms with van der Waals surface area (Å²) in [6.45, 7) is 0.921. The van der Waals surface area contributed by atoms with Crippen molar-refractivity contribution in [2.45, 2.75) is 19.0 Å². The molecule has 0 aliphatic rings. The molecule has 0 unspecified atom stereocenters. The maximum Gasteiger partial charge on any atom is 0.416 e. The maximum absolute atomic E-state index is 12.6. The van der Waals surface area contributed by atoms with Gasteiger partial charge in [-0.05, 0) is 48.2 Å². The molecule has 5 heteroatoms. The van der Waals surface area contributed by atoms with E-state index in [2.05, 4.69) is 5.32 Å². The smallest absolute Gasteiger partial charge is 0.396 e. The molecule has 0 aliphatic heterocycles. The zero-order chi connectivity index (χ0) is 16.0. The fourth-order valence-corrected chi connectivity index (χ4v) is 2.13. The molecule has 0 amide bonds. The van der Waals surface area contributed by atoms with Crippen LogP contribution in [0.2, 0.25) is 0 Å². The van der Waals surface area contributed by atoms with Gasteiger partial charge in [0.25, 0.3) is 0 Å². The van der Waals surface area contributed by atoms with Crippen LogP contribution in [0, 0.1) is 0 Å². The number of halogens is 3. The number of nitrogens with one attached hydrogen (secondary N) is 1. The lowest BCUT2D eigenvalue weighted by atomic mass is 10.0. The van der Waals surface area contributed by atoms with Crippen LogP contribution < -0.4 is 5.32 Å². The van der Waals surface area contributed by atoms with E-state index in [1.807, 2.05) is 24.3 Å². The van der Waals surface area contributed by atoms with E-state index in [4.69, 9.17) is 5.11 Å². The molecular weight excluding hydrogens is 291 g/mol. The van der Waals surface area contributed by atoms with Crippen LogP contribution in [0.25, 0.3) is 11.1 Å². The van der Waals surface area contributed by atoms with Crippen molar-refractivity contribution in [2.75, 3.05) is 18.5 Å². The van der Waals surface area contributed by atoms with E-state index < -0.39 is 11.7 Å². The van der Waals surface area contributed by atoms with Crippen molar-refractivity contribution in [3.05, 3.63) is 54.1 Å². The van der Waals surface area contributed by atoms with Gasteiger partial charge >= 0.3 is 6.18 Å². The maximum atomic E-state index is 12.6. The van der Waals surface area contributed by atoms with E-state index in [1.165, 1.54) is 12.1 Å². The molecule has 0 heterocycles. The largest absolute Gasteiger partial charge is 0.416 e. The summed E-state index contributed by atoms with van der Waals surface area (Å²) in [5.74, 6) is 0. The second kappa shape index (κ2) is 7.31. The fraction of sp³-hybridized carbons (Fsp3) is 0.294. The quantitative estimate of drug-likeness (QED) is 0.767. The van der Waals surface area contributed by atoms with Crippen LogP contribution in [0.4, 0.5) is 18.9 Å². The van der Waals surface area contributed by atoms with E-state index in [0.717, 1.165) is 48.3 Å². The molecule has 22 heavy (non-hydrogen) atoms. The first kappa shape index (κ1) is 16.4. The summed E-state index contributed by atoms with van der Waals surface area (Å²) in [4.78, 5) is 0. The van der Waals surface area contributed by atoms with Crippen molar-refractivity contribution in [2.24, 2.45) is 0 Å². The topological polar surface area (TPSA) is 32.3 Å².